The van der Waals surface area contributed by atoms with Crippen molar-refractivity contribution in [3.8, 4) is 0 Å². The van der Waals surface area contributed by atoms with Gasteiger partial charge in [-0.2, -0.15) is 0 Å². The van der Waals surface area contributed by atoms with Crippen LogP contribution in [0.15, 0.2) is 16.4 Å². The lowest BCUT2D eigenvalue weighted by atomic mass is 10.4. The lowest BCUT2D eigenvalue weighted by Crippen LogP contribution is -2.37. The molecule has 5 nitrogen and oxygen atoms in total. The summed E-state index contributed by atoms with van der Waals surface area (Å²) in [5, 5.41) is 10.8. The minimum Gasteiger partial charge on any atom is -0.357 e. The highest BCUT2D eigenvalue weighted by Crippen LogP contribution is 2.24. The molecular formula is C15H22Cl2IN5S. The van der Waals surface area contributed by atoms with E-state index in [-0.39, 0.29) is 24.0 Å². The first-order valence-corrected chi connectivity index (χ1v) is 9.13. The molecule has 2 N–H and O–H groups in total. The van der Waals surface area contributed by atoms with Crippen molar-refractivity contribution < 1.29 is 0 Å². The number of aryl methyl sites for hydroxylation is 1. The first-order chi connectivity index (χ1) is 11.0. The van der Waals surface area contributed by atoms with Crippen LogP contribution in [0.4, 0.5) is 0 Å². The van der Waals surface area contributed by atoms with Crippen molar-refractivity contribution >= 4 is 64.5 Å². The summed E-state index contributed by atoms with van der Waals surface area (Å²) in [6, 6.07) is 1.86. The number of thiazole rings is 1. The van der Waals surface area contributed by atoms with Gasteiger partial charge in [-0.05, 0) is 19.4 Å². The molecule has 9 heteroatoms. The van der Waals surface area contributed by atoms with Gasteiger partial charge in [0, 0.05) is 24.7 Å². The van der Waals surface area contributed by atoms with Crippen molar-refractivity contribution in [2.75, 3.05) is 6.54 Å². The van der Waals surface area contributed by atoms with E-state index in [1.165, 1.54) is 0 Å². The molecular weight excluding hydrogens is 480 g/mol. The third-order valence-corrected chi connectivity index (χ3v) is 5.18. The van der Waals surface area contributed by atoms with Gasteiger partial charge < -0.3 is 15.2 Å². The summed E-state index contributed by atoms with van der Waals surface area (Å²) in [5.41, 5.74) is 1.99. The molecule has 0 saturated heterocycles. The van der Waals surface area contributed by atoms with E-state index in [4.69, 9.17) is 23.2 Å². The SMILES string of the molecule is CCNC(=NCc1csc(CC)n1)NCc1cc(Cl)c(Cl)n1C.I. The van der Waals surface area contributed by atoms with Gasteiger partial charge in [-0.1, -0.05) is 30.1 Å². The molecule has 0 spiro atoms. The maximum absolute atomic E-state index is 6.08. The Morgan fingerprint density at radius 3 is 2.62 bits per heavy atom. The molecule has 0 saturated carbocycles. The maximum Gasteiger partial charge on any atom is 0.191 e. The predicted octanol–water partition coefficient (Wildman–Crippen LogP) is 4.22. The Hall–Kier alpha value is -0.510. The Kier molecular flexibility index (Phi) is 9.40. The third kappa shape index (κ3) is 5.79. The lowest BCUT2D eigenvalue weighted by Gasteiger charge is -2.11. The molecule has 0 unspecified atom stereocenters. The van der Waals surface area contributed by atoms with Crippen molar-refractivity contribution in [1.29, 1.82) is 0 Å². The van der Waals surface area contributed by atoms with Crippen LogP contribution in [-0.4, -0.2) is 22.1 Å². The molecule has 0 fully saturated rings. The van der Waals surface area contributed by atoms with E-state index in [1.54, 1.807) is 11.3 Å². The number of rotatable bonds is 6. The van der Waals surface area contributed by atoms with Crippen molar-refractivity contribution in [1.82, 2.24) is 20.2 Å². The normalized spacial score (nSPS) is 11.3. The Morgan fingerprint density at radius 1 is 1.33 bits per heavy atom. The zero-order valence-electron chi connectivity index (χ0n) is 13.9. The van der Waals surface area contributed by atoms with E-state index in [1.807, 2.05) is 24.6 Å². The zero-order valence-corrected chi connectivity index (χ0v) is 18.6. The summed E-state index contributed by atoms with van der Waals surface area (Å²) in [6.07, 6.45) is 0.960. The number of hydrogen-bond donors (Lipinski definition) is 2. The second-order valence-electron chi connectivity index (χ2n) is 4.97. The number of guanidine groups is 1. The number of nitrogens with zero attached hydrogens (tertiary/aromatic N) is 3. The van der Waals surface area contributed by atoms with Crippen molar-refractivity contribution in [3.05, 3.63) is 38.0 Å². The van der Waals surface area contributed by atoms with Crippen molar-refractivity contribution in [2.45, 2.75) is 33.4 Å². The largest absolute Gasteiger partial charge is 0.357 e. The fourth-order valence-electron chi connectivity index (χ4n) is 2.02. The first-order valence-electron chi connectivity index (χ1n) is 7.50. The van der Waals surface area contributed by atoms with Gasteiger partial charge >= 0.3 is 0 Å². The van der Waals surface area contributed by atoms with E-state index >= 15 is 0 Å². The Balaban J connectivity index is 0.00000288. The summed E-state index contributed by atoms with van der Waals surface area (Å²) < 4.78 is 1.86. The average molecular weight is 502 g/mol. The monoisotopic (exact) mass is 501 g/mol. The standard InChI is InChI=1S/C15H21Cl2N5S.HI/c1-4-13-21-10(9-23-13)7-19-15(18-5-2)20-8-11-6-12(16)14(17)22(11)3;/h6,9H,4-5,7-8H2,1-3H3,(H2,18,19,20);1H. The van der Waals surface area contributed by atoms with E-state index in [0.29, 0.717) is 23.3 Å². The van der Waals surface area contributed by atoms with Crippen LogP contribution in [0.25, 0.3) is 0 Å². The molecule has 2 aromatic heterocycles. The Bertz CT molecular complexity index is 683. The van der Waals surface area contributed by atoms with Crippen LogP contribution in [0.1, 0.15) is 30.2 Å². The van der Waals surface area contributed by atoms with Crippen LogP contribution in [0.5, 0.6) is 0 Å². The van der Waals surface area contributed by atoms with Crippen molar-refractivity contribution in [2.24, 2.45) is 12.0 Å². The van der Waals surface area contributed by atoms with Crippen LogP contribution in [0.3, 0.4) is 0 Å². The summed E-state index contributed by atoms with van der Waals surface area (Å²) in [6.45, 7) is 6.07. The van der Waals surface area contributed by atoms with E-state index in [0.717, 1.165) is 35.3 Å². The van der Waals surface area contributed by atoms with Gasteiger partial charge in [0.15, 0.2) is 5.96 Å². The number of aromatic nitrogens is 2. The molecule has 2 aromatic rings. The minimum absolute atomic E-state index is 0. The van der Waals surface area contributed by atoms with E-state index in [2.05, 4.69) is 32.9 Å². The van der Waals surface area contributed by atoms with Gasteiger partial charge in [0.25, 0.3) is 0 Å². The van der Waals surface area contributed by atoms with Crippen LogP contribution in [0, 0.1) is 0 Å². The van der Waals surface area contributed by atoms with Gasteiger partial charge in [-0.25, -0.2) is 9.98 Å². The molecule has 0 radical (unpaired) electrons. The summed E-state index contributed by atoms with van der Waals surface area (Å²) in [5.74, 6) is 0.743. The number of nitrogens with one attached hydrogen (secondary N) is 2. The molecule has 0 bridgehead atoms. The Labute approximate surface area is 173 Å². The van der Waals surface area contributed by atoms with Gasteiger partial charge in [-0.3, -0.25) is 0 Å². The van der Waals surface area contributed by atoms with E-state index in [9.17, 15) is 0 Å². The quantitative estimate of drug-likeness (QED) is 0.354. The van der Waals surface area contributed by atoms with Crippen molar-refractivity contribution in [3.63, 3.8) is 0 Å². The molecule has 24 heavy (non-hydrogen) atoms. The zero-order chi connectivity index (χ0) is 16.8. The molecule has 2 heterocycles. The predicted molar refractivity (Wildman–Crippen MR) is 114 cm³/mol. The number of halogens is 3. The molecule has 0 atom stereocenters. The molecule has 0 aliphatic carbocycles. The minimum atomic E-state index is 0. The highest BCUT2D eigenvalue weighted by molar-refractivity contribution is 14.0. The molecule has 2 rings (SSSR count). The highest BCUT2D eigenvalue weighted by atomic mass is 127. The fraction of sp³-hybridized carbons (Fsp3) is 0.467. The molecule has 0 amide bonds. The average Bonchev–Trinajstić information content (AvgIpc) is 3.10. The summed E-state index contributed by atoms with van der Waals surface area (Å²) >= 11 is 13.8. The summed E-state index contributed by atoms with van der Waals surface area (Å²) in [7, 11) is 1.89. The lowest BCUT2D eigenvalue weighted by molar-refractivity contribution is 0.751. The highest BCUT2D eigenvalue weighted by Gasteiger charge is 2.09. The number of hydrogen-bond acceptors (Lipinski definition) is 3. The van der Waals surface area contributed by atoms with Crippen LogP contribution in [0.2, 0.25) is 10.2 Å². The topological polar surface area (TPSA) is 54.2 Å². The maximum atomic E-state index is 6.08. The van der Waals surface area contributed by atoms with Gasteiger partial charge in [0.05, 0.1) is 28.8 Å². The van der Waals surface area contributed by atoms with Gasteiger partial charge in [-0.15, -0.1) is 35.3 Å². The van der Waals surface area contributed by atoms with Gasteiger partial charge in [0.1, 0.15) is 5.15 Å². The van der Waals surface area contributed by atoms with Crippen LogP contribution >= 0.6 is 58.5 Å². The smallest absolute Gasteiger partial charge is 0.191 e. The molecule has 134 valence electrons. The Morgan fingerprint density at radius 2 is 2.08 bits per heavy atom. The first kappa shape index (κ1) is 21.5. The van der Waals surface area contributed by atoms with Crippen LogP contribution in [-0.2, 0) is 26.6 Å². The third-order valence-electron chi connectivity index (χ3n) is 3.30. The number of aliphatic imine (C=N–C) groups is 1. The molecule has 0 aromatic carbocycles. The molecule has 0 aliphatic heterocycles. The second kappa shape index (κ2) is 10.5. The van der Waals surface area contributed by atoms with Gasteiger partial charge in [0.2, 0.25) is 0 Å². The second-order valence-corrected chi connectivity index (χ2v) is 6.68. The fourth-order valence-corrected chi connectivity index (χ4v) is 3.17. The van der Waals surface area contributed by atoms with Crippen LogP contribution < -0.4 is 10.6 Å². The summed E-state index contributed by atoms with van der Waals surface area (Å²) in [4.78, 5) is 9.09. The molecule has 0 aliphatic rings. The van der Waals surface area contributed by atoms with E-state index < -0.39 is 0 Å².